The maximum absolute atomic E-state index is 10.8. The Morgan fingerprint density at radius 3 is 2.52 bits per heavy atom. The first-order valence-corrected chi connectivity index (χ1v) is 6.87. The lowest BCUT2D eigenvalue weighted by Crippen LogP contribution is -2.20. The lowest BCUT2D eigenvalue weighted by molar-refractivity contribution is 0.259. The quantitative estimate of drug-likeness (QED) is 0.679. The molecule has 1 heterocycles. The van der Waals surface area contributed by atoms with E-state index in [9.17, 15) is 4.79 Å². The summed E-state index contributed by atoms with van der Waals surface area (Å²) in [6.07, 6.45) is 0. The number of carbonyl (C=O) groups is 1. The third-order valence-corrected chi connectivity index (χ3v) is 3.54. The number of rotatable bonds is 5. The number of nitrogens with one attached hydrogen (secondary N) is 3. The van der Waals surface area contributed by atoms with E-state index in [0.29, 0.717) is 5.69 Å². The second-order valence-corrected chi connectivity index (χ2v) is 5.13. The Bertz CT molecular complexity index is 598. The molecule has 0 bridgehead atoms. The molecule has 2 amide bonds. The minimum absolute atomic E-state index is 0.196. The molecule has 0 aliphatic rings. The summed E-state index contributed by atoms with van der Waals surface area (Å²) in [6.45, 7) is 6.87. The van der Waals surface area contributed by atoms with E-state index in [2.05, 4.69) is 27.8 Å². The first-order valence-electron chi connectivity index (χ1n) is 6.87. The van der Waals surface area contributed by atoms with Crippen molar-refractivity contribution in [2.75, 3.05) is 5.32 Å². The van der Waals surface area contributed by atoms with Crippen molar-refractivity contribution in [3.8, 4) is 0 Å². The molecule has 0 aliphatic heterocycles. The lowest BCUT2D eigenvalue weighted by Gasteiger charge is -2.15. The Kier molecular flexibility index (Phi) is 4.59. The van der Waals surface area contributed by atoms with Crippen LogP contribution in [0.4, 0.5) is 10.5 Å². The Labute approximate surface area is 124 Å². The summed E-state index contributed by atoms with van der Waals surface area (Å²) in [4.78, 5) is 10.8. The van der Waals surface area contributed by atoms with Gasteiger partial charge >= 0.3 is 6.03 Å². The van der Waals surface area contributed by atoms with Crippen molar-refractivity contribution in [2.24, 2.45) is 5.73 Å². The first kappa shape index (κ1) is 15.1. The number of aromatic nitrogens is 2. The van der Waals surface area contributed by atoms with Gasteiger partial charge in [-0.3, -0.25) is 5.10 Å². The Balaban J connectivity index is 1.97. The highest BCUT2D eigenvalue weighted by Gasteiger charge is 2.09. The average molecular weight is 287 g/mol. The van der Waals surface area contributed by atoms with Gasteiger partial charge in [0.2, 0.25) is 0 Å². The van der Waals surface area contributed by atoms with E-state index in [0.717, 1.165) is 23.5 Å². The molecule has 1 aromatic heterocycles. The molecular weight excluding hydrogens is 266 g/mol. The number of urea groups is 1. The van der Waals surface area contributed by atoms with E-state index >= 15 is 0 Å². The number of aromatic amines is 1. The number of amides is 2. The van der Waals surface area contributed by atoms with Crippen molar-refractivity contribution in [1.29, 1.82) is 0 Å². The fourth-order valence-electron chi connectivity index (χ4n) is 2.20. The Morgan fingerprint density at radius 1 is 1.33 bits per heavy atom. The van der Waals surface area contributed by atoms with Crippen LogP contribution < -0.4 is 16.4 Å². The van der Waals surface area contributed by atoms with Gasteiger partial charge in [-0.1, -0.05) is 12.1 Å². The number of nitrogens with zero attached hydrogens (tertiary/aromatic N) is 1. The molecule has 0 fully saturated rings. The molecule has 21 heavy (non-hydrogen) atoms. The third kappa shape index (κ3) is 3.82. The van der Waals surface area contributed by atoms with E-state index in [1.54, 1.807) is 0 Å². The number of carbonyl (C=O) groups excluding carboxylic acids is 1. The number of nitrogens with two attached hydrogens (primary N) is 1. The minimum atomic E-state index is -0.556. The molecule has 1 aromatic carbocycles. The van der Waals surface area contributed by atoms with Gasteiger partial charge in [-0.05, 0) is 38.5 Å². The van der Waals surface area contributed by atoms with Crippen LogP contribution >= 0.6 is 0 Å². The van der Waals surface area contributed by atoms with E-state index in [1.165, 1.54) is 5.56 Å². The van der Waals surface area contributed by atoms with Crippen LogP contribution in [0, 0.1) is 13.8 Å². The zero-order valence-corrected chi connectivity index (χ0v) is 12.5. The van der Waals surface area contributed by atoms with Crippen LogP contribution in [0.15, 0.2) is 24.3 Å². The normalized spacial score (nSPS) is 12.1. The predicted molar refractivity (Wildman–Crippen MR) is 83.0 cm³/mol. The standard InChI is InChI=1S/C15H21N5O/c1-9(17-8-14-10(2)19-20-11(14)3)12-4-6-13(7-5-12)18-15(16)21/h4-7,9,17H,8H2,1-3H3,(H,19,20)(H3,16,18,21). The summed E-state index contributed by atoms with van der Waals surface area (Å²) in [5.41, 5.74) is 10.2. The molecule has 6 nitrogen and oxygen atoms in total. The smallest absolute Gasteiger partial charge is 0.316 e. The van der Waals surface area contributed by atoms with Gasteiger partial charge in [0.25, 0.3) is 0 Å². The van der Waals surface area contributed by atoms with Crippen molar-refractivity contribution in [1.82, 2.24) is 15.5 Å². The maximum atomic E-state index is 10.8. The van der Waals surface area contributed by atoms with Gasteiger partial charge in [-0.25, -0.2) is 4.79 Å². The number of anilines is 1. The fraction of sp³-hybridized carbons (Fsp3) is 0.333. The lowest BCUT2D eigenvalue weighted by atomic mass is 10.1. The first-order chi connectivity index (χ1) is 9.97. The molecule has 0 saturated carbocycles. The molecular formula is C15H21N5O. The topological polar surface area (TPSA) is 95.8 Å². The SMILES string of the molecule is Cc1n[nH]c(C)c1CNC(C)c1ccc(NC(N)=O)cc1. The van der Waals surface area contributed by atoms with Crippen LogP contribution in [0.3, 0.4) is 0 Å². The monoisotopic (exact) mass is 287 g/mol. The third-order valence-electron chi connectivity index (χ3n) is 3.54. The molecule has 0 spiro atoms. The molecule has 5 N–H and O–H groups in total. The van der Waals surface area contributed by atoms with Crippen LogP contribution in [-0.2, 0) is 6.54 Å². The number of benzene rings is 1. The summed E-state index contributed by atoms with van der Waals surface area (Å²) in [5, 5.41) is 13.2. The van der Waals surface area contributed by atoms with Crippen molar-refractivity contribution < 1.29 is 4.79 Å². The van der Waals surface area contributed by atoms with E-state index in [-0.39, 0.29) is 6.04 Å². The number of primary amides is 1. The molecule has 2 rings (SSSR count). The molecule has 0 radical (unpaired) electrons. The summed E-state index contributed by atoms with van der Waals surface area (Å²) in [6, 6.07) is 7.26. The molecule has 112 valence electrons. The summed E-state index contributed by atoms with van der Waals surface area (Å²) >= 11 is 0. The molecule has 2 aromatic rings. The maximum Gasteiger partial charge on any atom is 0.316 e. The summed E-state index contributed by atoms with van der Waals surface area (Å²) in [7, 11) is 0. The highest BCUT2D eigenvalue weighted by atomic mass is 16.2. The van der Waals surface area contributed by atoms with Crippen molar-refractivity contribution >= 4 is 11.7 Å². The van der Waals surface area contributed by atoms with Crippen molar-refractivity contribution in [2.45, 2.75) is 33.4 Å². The zero-order valence-electron chi connectivity index (χ0n) is 12.5. The van der Waals surface area contributed by atoms with Crippen LogP contribution in [0.2, 0.25) is 0 Å². The molecule has 6 heteroatoms. The van der Waals surface area contributed by atoms with Gasteiger partial charge in [-0.2, -0.15) is 5.10 Å². The van der Waals surface area contributed by atoms with Gasteiger partial charge in [0.15, 0.2) is 0 Å². The Morgan fingerprint density at radius 2 is 2.00 bits per heavy atom. The van der Waals surface area contributed by atoms with Crippen molar-refractivity contribution in [3.05, 3.63) is 46.8 Å². The number of H-pyrrole nitrogens is 1. The highest BCUT2D eigenvalue weighted by Crippen LogP contribution is 2.17. The molecule has 1 unspecified atom stereocenters. The van der Waals surface area contributed by atoms with Gasteiger partial charge in [0.1, 0.15) is 0 Å². The van der Waals surface area contributed by atoms with E-state index < -0.39 is 6.03 Å². The van der Waals surface area contributed by atoms with Crippen LogP contribution in [0.25, 0.3) is 0 Å². The zero-order chi connectivity index (χ0) is 15.4. The largest absolute Gasteiger partial charge is 0.351 e. The van der Waals surface area contributed by atoms with Gasteiger partial charge < -0.3 is 16.4 Å². The average Bonchev–Trinajstić information content (AvgIpc) is 2.75. The number of hydrogen-bond donors (Lipinski definition) is 4. The van der Waals surface area contributed by atoms with E-state index in [1.807, 2.05) is 38.1 Å². The molecule has 1 atom stereocenters. The predicted octanol–water partition coefficient (Wildman–Crippen LogP) is 2.37. The molecule has 0 saturated heterocycles. The highest BCUT2D eigenvalue weighted by molar-refractivity contribution is 5.87. The van der Waals surface area contributed by atoms with Gasteiger partial charge in [0, 0.05) is 29.5 Å². The second kappa shape index (κ2) is 6.41. The van der Waals surface area contributed by atoms with Gasteiger partial charge in [0.05, 0.1) is 5.69 Å². The van der Waals surface area contributed by atoms with Gasteiger partial charge in [-0.15, -0.1) is 0 Å². The number of hydrogen-bond acceptors (Lipinski definition) is 3. The summed E-state index contributed by atoms with van der Waals surface area (Å²) < 4.78 is 0. The second-order valence-electron chi connectivity index (χ2n) is 5.13. The summed E-state index contributed by atoms with van der Waals surface area (Å²) in [5.74, 6) is 0. The number of aryl methyl sites for hydroxylation is 2. The molecule has 0 aliphatic carbocycles. The Hall–Kier alpha value is -2.34. The van der Waals surface area contributed by atoms with E-state index in [4.69, 9.17) is 5.73 Å². The van der Waals surface area contributed by atoms with Crippen LogP contribution in [-0.4, -0.2) is 16.2 Å². The van der Waals surface area contributed by atoms with Crippen molar-refractivity contribution in [3.63, 3.8) is 0 Å². The minimum Gasteiger partial charge on any atom is -0.351 e. The fourth-order valence-corrected chi connectivity index (χ4v) is 2.20. The van der Waals surface area contributed by atoms with Crippen LogP contribution in [0.1, 0.15) is 35.5 Å². The van der Waals surface area contributed by atoms with Crippen LogP contribution in [0.5, 0.6) is 0 Å².